The summed E-state index contributed by atoms with van der Waals surface area (Å²) in [5, 5.41) is 9.56. The highest BCUT2D eigenvalue weighted by molar-refractivity contribution is 4.94. The molecule has 0 bridgehead atoms. The van der Waals surface area contributed by atoms with Crippen molar-refractivity contribution in [1.82, 2.24) is 0 Å². The van der Waals surface area contributed by atoms with Gasteiger partial charge in [0.25, 0.3) is 0 Å². The molecule has 0 spiro atoms. The molecule has 60 valence electrons. The molecule has 0 aliphatic carbocycles. The maximum absolute atomic E-state index is 9.56. The van der Waals surface area contributed by atoms with E-state index in [0.717, 1.165) is 12.8 Å². The molecule has 1 atom stereocenters. The molecule has 3 N–H and O–H groups in total. The topological polar surface area (TPSA) is 55.5 Å². The van der Waals surface area contributed by atoms with Crippen LogP contribution in [0.5, 0.6) is 0 Å². The Morgan fingerprint density at radius 3 is 2.60 bits per heavy atom. The normalized spacial score (nSPS) is 25.5. The van der Waals surface area contributed by atoms with Gasteiger partial charge in [-0.25, -0.2) is 0 Å². The van der Waals surface area contributed by atoms with E-state index < -0.39 is 5.60 Å². The predicted octanol–water partition coefficient (Wildman–Crippen LogP) is -0.125. The quantitative estimate of drug-likeness (QED) is 0.582. The lowest BCUT2D eigenvalue weighted by Gasteiger charge is -2.40. The third-order valence-corrected chi connectivity index (χ3v) is 1.99. The molecule has 0 radical (unpaired) electrons. The highest BCUT2D eigenvalue weighted by atomic mass is 16.5. The Kier molecular flexibility index (Phi) is 2.28. The van der Waals surface area contributed by atoms with Crippen molar-refractivity contribution in [2.75, 3.05) is 13.2 Å². The molecule has 0 saturated carbocycles. The first-order chi connectivity index (χ1) is 4.69. The smallest absolute Gasteiger partial charge is 0.126 e. The van der Waals surface area contributed by atoms with Crippen LogP contribution < -0.4 is 5.73 Å². The summed E-state index contributed by atoms with van der Waals surface area (Å²) in [7, 11) is 0. The maximum Gasteiger partial charge on any atom is 0.126 e. The van der Waals surface area contributed by atoms with E-state index in [9.17, 15) is 5.11 Å². The molecule has 1 rings (SSSR count). The van der Waals surface area contributed by atoms with Gasteiger partial charge in [-0.1, -0.05) is 13.3 Å². The molecule has 3 heteroatoms. The van der Waals surface area contributed by atoms with Crippen LogP contribution in [0, 0.1) is 0 Å². The van der Waals surface area contributed by atoms with Crippen molar-refractivity contribution < 1.29 is 9.84 Å². The van der Waals surface area contributed by atoms with Gasteiger partial charge in [0.05, 0.1) is 13.2 Å². The molecular weight excluding hydrogens is 130 g/mol. The molecule has 1 heterocycles. The van der Waals surface area contributed by atoms with Gasteiger partial charge in [-0.3, -0.25) is 0 Å². The zero-order chi connectivity index (χ0) is 7.61. The second-order valence-corrected chi connectivity index (χ2v) is 2.99. The summed E-state index contributed by atoms with van der Waals surface area (Å²) in [6.45, 7) is 2.88. The molecule has 1 saturated heterocycles. The Morgan fingerprint density at radius 1 is 1.70 bits per heavy atom. The SMILES string of the molecule is CCCC(N)C1(O)COC1. The summed E-state index contributed by atoms with van der Waals surface area (Å²) < 4.78 is 4.88. The van der Waals surface area contributed by atoms with Crippen LogP contribution in [0.25, 0.3) is 0 Å². The van der Waals surface area contributed by atoms with E-state index in [1.807, 2.05) is 0 Å². The molecule has 0 aromatic rings. The van der Waals surface area contributed by atoms with E-state index in [0.29, 0.717) is 13.2 Å². The van der Waals surface area contributed by atoms with Gasteiger partial charge in [-0.2, -0.15) is 0 Å². The fourth-order valence-corrected chi connectivity index (χ4v) is 1.10. The summed E-state index contributed by atoms with van der Waals surface area (Å²) in [5.41, 5.74) is 4.98. The van der Waals surface area contributed by atoms with Gasteiger partial charge in [0.15, 0.2) is 0 Å². The van der Waals surface area contributed by atoms with Crippen molar-refractivity contribution in [2.24, 2.45) is 5.73 Å². The largest absolute Gasteiger partial charge is 0.383 e. The molecule has 3 nitrogen and oxygen atoms in total. The molecule has 1 unspecified atom stereocenters. The van der Waals surface area contributed by atoms with Crippen LogP contribution in [0.4, 0.5) is 0 Å². The van der Waals surface area contributed by atoms with E-state index in [2.05, 4.69) is 6.92 Å². The maximum atomic E-state index is 9.56. The molecule has 0 amide bonds. The van der Waals surface area contributed by atoms with Gasteiger partial charge in [0.1, 0.15) is 5.60 Å². The fourth-order valence-electron chi connectivity index (χ4n) is 1.10. The van der Waals surface area contributed by atoms with Crippen molar-refractivity contribution in [3.63, 3.8) is 0 Å². The third kappa shape index (κ3) is 1.31. The lowest BCUT2D eigenvalue weighted by molar-refractivity contribution is -0.190. The van der Waals surface area contributed by atoms with Crippen LogP contribution in [0.2, 0.25) is 0 Å². The molecule has 0 aromatic heterocycles. The Balaban J connectivity index is 2.31. The van der Waals surface area contributed by atoms with Crippen LogP contribution in [-0.2, 0) is 4.74 Å². The minimum Gasteiger partial charge on any atom is -0.383 e. The van der Waals surface area contributed by atoms with Crippen LogP contribution in [0.15, 0.2) is 0 Å². The Morgan fingerprint density at radius 2 is 2.30 bits per heavy atom. The highest BCUT2D eigenvalue weighted by Gasteiger charge is 2.41. The van der Waals surface area contributed by atoms with Crippen molar-refractivity contribution >= 4 is 0 Å². The summed E-state index contributed by atoms with van der Waals surface area (Å²) >= 11 is 0. The van der Waals surface area contributed by atoms with E-state index in [4.69, 9.17) is 10.5 Å². The highest BCUT2D eigenvalue weighted by Crippen LogP contribution is 2.21. The monoisotopic (exact) mass is 145 g/mol. The van der Waals surface area contributed by atoms with E-state index in [1.165, 1.54) is 0 Å². The first-order valence-electron chi connectivity index (χ1n) is 3.75. The average Bonchev–Trinajstić information content (AvgIpc) is 1.83. The summed E-state index contributed by atoms with van der Waals surface area (Å²) in [6.07, 6.45) is 1.89. The van der Waals surface area contributed by atoms with E-state index in [1.54, 1.807) is 0 Å². The van der Waals surface area contributed by atoms with Gasteiger partial charge in [0, 0.05) is 6.04 Å². The summed E-state index contributed by atoms with van der Waals surface area (Å²) in [5.74, 6) is 0. The Bertz CT molecular complexity index is 112. The van der Waals surface area contributed by atoms with Crippen LogP contribution >= 0.6 is 0 Å². The van der Waals surface area contributed by atoms with Crippen LogP contribution in [-0.4, -0.2) is 30.0 Å². The van der Waals surface area contributed by atoms with Gasteiger partial charge >= 0.3 is 0 Å². The predicted molar refractivity (Wildman–Crippen MR) is 38.7 cm³/mol. The standard InChI is InChI=1S/C7H15NO2/c1-2-3-6(8)7(9)4-10-5-7/h6,9H,2-5,8H2,1H3. The van der Waals surface area contributed by atoms with Crippen molar-refractivity contribution in [2.45, 2.75) is 31.4 Å². The van der Waals surface area contributed by atoms with Gasteiger partial charge in [-0.15, -0.1) is 0 Å². The second kappa shape index (κ2) is 2.86. The Hall–Kier alpha value is -0.120. The molecule has 0 aromatic carbocycles. The number of hydrogen-bond acceptors (Lipinski definition) is 3. The van der Waals surface area contributed by atoms with Gasteiger partial charge in [-0.05, 0) is 6.42 Å². The van der Waals surface area contributed by atoms with Gasteiger partial charge < -0.3 is 15.6 Å². The zero-order valence-corrected chi connectivity index (χ0v) is 6.34. The molecule has 1 aliphatic heterocycles. The summed E-state index contributed by atoms with van der Waals surface area (Å²) in [4.78, 5) is 0. The molecular formula is C7H15NO2. The van der Waals surface area contributed by atoms with E-state index in [-0.39, 0.29) is 6.04 Å². The molecule has 1 aliphatic rings. The number of ether oxygens (including phenoxy) is 1. The number of hydrogen-bond donors (Lipinski definition) is 2. The summed E-state index contributed by atoms with van der Waals surface area (Å²) in [6, 6.07) is -0.105. The van der Waals surface area contributed by atoms with Gasteiger partial charge in [0.2, 0.25) is 0 Å². The lowest BCUT2D eigenvalue weighted by atomic mass is 9.90. The van der Waals surface area contributed by atoms with Crippen molar-refractivity contribution in [3.05, 3.63) is 0 Å². The molecule has 10 heavy (non-hydrogen) atoms. The lowest BCUT2D eigenvalue weighted by Crippen LogP contribution is -2.61. The number of aliphatic hydroxyl groups is 1. The first-order valence-corrected chi connectivity index (χ1v) is 3.75. The second-order valence-electron chi connectivity index (χ2n) is 2.99. The van der Waals surface area contributed by atoms with Crippen LogP contribution in [0.3, 0.4) is 0 Å². The van der Waals surface area contributed by atoms with Crippen LogP contribution in [0.1, 0.15) is 19.8 Å². The first kappa shape index (κ1) is 7.98. The average molecular weight is 145 g/mol. The number of nitrogens with two attached hydrogens (primary N) is 1. The minimum atomic E-state index is -0.712. The van der Waals surface area contributed by atoms with Crippen molar-refractivity contribution in [3.8, 4) is 0 Å². The molecule has 1 fully saturated rings. The number of rotatable bonds is 3. The Labute approximate surface area is 61.2 Å². The van der Waals surface area contributed by atoms with E-state index >= 15 is 0 Å². The zero-order valence-electron chi connectivity index (χ0n) is 6.34. The minimum absolute atomic E-state index is 0.105. The third-order valence-electron chi connectivity index (χ3n) is 1.99. The van der Waals surface area contributed by atoms with Crippen molar-refractivity contribution in [1.29, 1.82) is 0 Å². The fraction of sp³-hybridized carbons (Fsp3) is 1.00.